The minimum atomic E-state index is -0.500. The van der Waals surface area contributed by atoms with E-state index in [2.05, 4.69) is 5.32 Å². The van der Waals surface area contributed by atoms with E-state index < -0.39 is 5.63 Å². The van der Waals surface area contributed by atoms with Gasteiger partial charge in [0, 0.05) is 30.6 Å². The monoisotopic (exact) mass is 412 g/mol. The maximum Gasteiger partial charge on any atom is 0.336 e. The number of halogens is 1. The van der Waals surface area contributed by atoms with Gasteiger partial charge in [-0.3, -0.25) is 9.59 Å². The Morgan fingerprint density at radius 2 is 1.97 bits per heavy atom. The normalized spacial score (nSPS) is 14.0. The fraction of sp³-hybridized carbons (Fsp3) is 0.190. The zero-order chi connectivity index (χ0) is 20.4. The van der Waals surface area contributed by atoms with Gasteiger partial charge in [-0.15, -0.1) is 0 Å². The molecule has 1 fully saturated rings. The summed E-state index contributed by atoms with van der Waals surface area (Å²) in [5, 5.41) is 3.60. The van der Waals surface area contributed by atoms with Crippen molar-refractivity contribution in [1.82, 2.24) is 10.2 Å². The lowest BCUT2D eigenvalue weighted by atomic mass is 10.0. The lowest BCUT2D eigenvalue weighted by Crippen LogP contribution is -2.51. The number of fused-ring (bicyclic) bond motifs is 1. The largest absolute Gasteiger partial charge is 0.482 e. The predicted octanol–water partition coefficient (Wildman–Crippen LogP) is 2.45. The third kappa shape index (κ3) is 4.09. The number of nitrogens with one attached hydrogen (secondary N) is 1. The van der Waals surface area contributed by atoms with Gasteiger partial charge in [0.25, 0.3) is 5.91 Å². The number of piperazine rings is 1. The summed E-state index contributed by atoms with van der Waals surface area (Å²) >= 11 is 6.36. The molecule has 2 amide bonds. The maximum absolute atomic E-state index is 12.3. The minimum absolute atomic E-state index is 0.00293. The Hall–Kier alpha value is -3.32. The number of nitrogens with zero attached hydrogens (tertiary/aromatic N) is 1. The fourth-order valence-electron chi connectivity index (χ4n) is 3.21. The highest BCUT2D eigenvalue weighted by Gasteiger charge is 2.22. The van der Waals surface area contributed by atoms with Crippen LogP contribution in [0.5, 0.6) is 5.75 Å². The summed E-state index contributed by atoms with van der Waals surface area (Å²) in [6.07, 6.45) is 0. The predicted molar refractivity (Wildman–Crippen MR) is 108 cm³/mol. The molecule has 8 heteroatoms. The van der Waals surface area contributed by atoms with Crippen molar-refractivity contribution in [3.05, 3.63) is 64.0 Å². The van der Waals surface area contributed by atoms with Crippen LogP contribution in [0.4, 0.5) is 0 Å². The number of amides is 2. The molecule has 0 radical (unpaired) electrons. The molecule has 0 unspecified atom stereocenters. The molecule has 2 heterocycles. The van der Waals surface area contributed by atoms with Crippen LogP contribution in [0.15, 0.2) is 57.7 Å². The number of carbonyl (C=O) groups excluding carboxylic acids is 2. The molecule has 1 aromatic heterocycles. The Labute approximate surface area is 170 Å². The lowest BCUT2D eigenvalue weighted by molar-refractivity contribution is -0.139. The Kier molecular flexibility index (Phi) is 5.22. The van der Waals surface area contributed by atoms with Gasteiger partial charge in [-0.1, -0.05) is 41.9 Å². The molecule has 1 aliphatic rings. The number of hydrogen-bond acceptors (Lipinski definition) is 5. The highest BCUT2D eigenvalue weighted by atomic mass is 35.5. The van der Waals surface area contributed by atoms with Gasteiger partial charge in [0.2, 0.25) is 5.91 Å². The third-order valence-corrected chi connectivity index (χ3v) is 4.92. The average Bonchev–Trinajstić information content (AvgIpc) is 2.72. The second-order valence-corrected chi connectivity index (χ2v) is 6.99. The smallest absolute Gasteiger partial charge is 0.336 e. The van der Waals surface area contributed by atoms with E-state index in [1.165, 1.54) is 17.0 Å². The molecule has 0 spiro atoms. The van der Waals surface area contributed by atoms with Gasteiger partial charge < -0.3 is 19.4 Å². The number of ether oxygens (including phenoxy) is 1. The molecule has 2 aromatic carbocycles. The SMILES string of the molecule is O=C1CN(C(=O)COc2cc3oc(=O)cc(-c4ccccc4)c3cc2Cl)CCN1. The highest BCUT2D eigenvalue weighted by molar-refractivity contribution is 6.33. The van der Waals surface area contributed by atoms with E-state index in [-0.39, 0.29) is 35.7 Å². The summed E-state index contributed by atoms with van der Waals surface area (Å²) in [6.45, 7) is 0.563. The fourth-order valence-corrected chi connectivity index (χ4v) is 3.43. The molecule has 0 saturated carbocycles. The number of rotatable bonds is 4. The summed E-state index contributed by atoms with van der Waals surface area (Å²) in [7, 11) is 0. The van der Waals surface area contributed by atoms with E-state index in [0.717, 1.165) is 5.56 Å². The lowest BCUT2D eigenvalue weighted by Gasteiger charge is -2.26. The Balaban J connectivity index is 1.61. The second kappa shape index (κ2) is 7.97. The molecule has 0 atom stereocenters. The van der Waals surface area contributed by atoms with Crippen molar-refractivity contribution < 1.29 is 18.7 Å². The molecule has 1 saturated heterocycles. The summed E-state index contributed by atoms with van der Waals surface area (Å²) in [6, 6.07) is 14.0. The molecule has 0 aliphatic carbocycles. The maximum atomic E-state index is 12.3. The zero-order valence-corrected chi connectivity index (χ0v) is 16.1. The van der Waals surface area contributed by atoms with Crippen molar-refractivity contribution in [1.29, 1.82) is 0 Å². The van der Waals surface area contributed by atoms with E-state index in [4.69, 9.17) is 20.8 Å². The summed E-state index contributed by atoms with van der Waals surface area (Å²) in [5.74, 6) is -0.304. The van der Waals surface area contributed by atoms with E-state index in [9.17, 15) is 14.4 Å². The molecule has 1 aliphatic heterocycles. The van der Waals surface area contributed by atoms with Crippen LogP contribution >= 0.6 is 11.6 Å². The van der Waals surface area contributed by atoms with E-state index in [1.807, 2.05) is 30.3 Å². The Morgan fingerprint density at radius 1 is 1.17 bits per heavy atom. The first-order chi connectivity index (χ1) is 14.0. The molecular formula is C21H17ClN2O5. The van der Waals surface area contributed by atoms with Crippen LogP contribution in [0.1, 0.15) is 0 Å². The Bertz CT molecular complexity index is 1140. The molecular weight excluding hydrogens is 396 g/mol. The van der Waals surface area contributed by atoms with E-state index in [1.54, 1.807) is 6.07 Å². The van der Waals surface area contributed by atoms with Crippen LogP contribution in [0.2, 0.25) is 5.02 Å². The molecule has 4 rings (SSSR count). The molecule has 0 bridgehead atoms. The van der Waals surface area contributed by atoms with Crippen molar-refractivity contribution >= 4 is 34.4 Å². The summed E-state index contributed by atoms with van der Waals surface area (Å²) < 4.78 is 10.9. The van der Waals surface area contributed by atoms with E-state index in [0.29, 0.717) is 29.6 Å². The van der Waals surface area contributed by atoms with Gasteiger partial charge in [0.1, 0.15) is 11.3 Å². The van der Waals surface area contributed by atoms with Crippen LogP contribution in [0.25, 0.3) is 22.1 Å². The van der Waals surface area contributed by atoms with Crippen molar-refractivity contribution in [2.24, 2.45) is 0 Å². The van der Waals surface area contributed by atoms with Gasteiger partial charge in [0.15, 0.2) is 6.61 Å². The summed E-state index contributed by atoms with van der Waals surface area (Å²) in [4.78, 5) is 37.2. The molecule has 3 aromatic rings. The highest BCUT2D eigenvalue weighted by Crippen LogP contribution is 2.34. The van der Waals surface area contributed by atoms with Crippen molar-refractivity contribution in [3.8, 4) is 16.9 Å². The topological polar surface area (TPSA) is 88.8 Å². The van der Waals surface area contributed by atoms with Crippen LogP contribution < -0.4 is 15.7 Å². The van der Waals surface area contributed by atoms with Crippen LogP contribution in [-0.2, 0) is 9.59 Å². The first kappa shape index (κ1) is 19.0. The first-order valence-electron chi connectivity index (χ1n) is 9.01. The number of benzene rings is 2. The third-order valence-electron chi connectivity index (χ3n) is 4.62. The van der Waals surface area contributed by atoms with Crippen molar-refractivity contribution in [2.45, 2.75) is 0 Å². The van der Waals surface area contributed by atoms with Crippen LogP contribution in [0, 0.1) is 0 Å². The van der Waals surface area contributed by atoms with Crippen molar-refractivity contribution in [3.63, 3.8) is 0 Å². The molecule has 1 N–H and O–H groups in total. The van der Waals surface area contributed by atoms with Crippen molar-refractivity contribution in [2.75, 3.05) is 26.2 Å². The van der Waals surface area contributed by atoms with E-state index >= 15 is 0 Å². The molecule has 29 heavy (non-hydrogen) atoms. The zero-order valence-electron chi connectivity index (χ0n) is 15.3. The Morgan fingerprint density at radius 3 is 2.72 bits per heavy atom. The number of hydrogen-bond donors (Lipinski definition) is 1. The van der Waals surface area contributed by atoms with Gasteiger partial charge in [-0.25, -0.2) is 4.79 Å². The van der Waals surface area contributed by atoms with Crippen LogP contribution in [0.3, 0.4) is 0 Å². The quantitative estimate of drug-likeness (QED) is 0.665. The van der Waals surface area contributed by atoms with Gasteiger partial charge in [0.05, 0.1) is 11.6 Å². The minimum Gasteiger partial charge on any atom is -0.482 e. The van der Waals surface area contributed by atoms with Gasteiger partial charge >= 0.3 is 5.63 Å². The molecule has 7 nitrogen and oxygen atoms in total. The number of carbonyl (C=O) groups is 2. The van der Waals surface area contributed by atoms with Gasteiger partial charge in [-0.2, -0.15) is 0 Å². The van der Waals surface area contributed by atoms with Gasteiger partial charge in [-0.05, 0) is 17.2 Å². The standard InChI is InChI=1S/C21H17ClN2O5/c22-16-8-15-14(13-4-2-1-3-5-13)9-21(27)29-17(15)10-18(16)28-12-20(26)24-7-6-23-19(25)11-24/h1-5,8-10H,6-7,11-12H2,(H,23,25). The second-order valence-electron chi connectivity index (χ2n) is 6.58. The van der Waals surface area contributed by atoms with Crippen LogP contribution in [-0.4, -0.2) is 43.0 Å². The average molecular weight is 413 g/mol. The molecule has 148 valence electrons. The first-order valence-corrected chi connectivity index (χ1v) is 9.39. The summed E-state index contributed by atoms with van der Waals surface area (Å²) in [5.41, 5.74) is 1.36.